The van der Waals surface area contributed by atoms with Crippen LogP contribution in [0.2, 0.25) is 0 Å². The molecule has 0 spiro atoms. The number of rotatable bonds is 4. The number of carbonyl (C=O) groups is 1. The van der Waals surface area contributed by atoms with Crippen molar-refractivity contribution < 1.29 is 22.6 Å². The molecule has 118 valence electrons. The summed E-state index contributed by atoms with van der Waals surface area (Å²) in [6.07, 6.45) is 2.20. The standard InChI is InChI=1S/C15H17NO5S/c1-2-9-22(19,20)21-16-14(17)11-7-3-5-10-6-4-8-12(13(10)11)15(16)18/h3,5,7-8,14,17H,2,4,6,9H2,1H3. The summed E-state index contributed by atoms with van der Waals surface area (Å²) in [6.45, 7) is 1.70. The molecule has 1 aromatic carbocycles. The Morgan fingerprint density at radius 1 is 1.41 bits per heavy atom. The van der Waals surface area contributed by atoms with E-state index in [9.17, 15) is 18.3 Å². The van der Waals surface area contributed by atoms with Crippen molar-refractivity contribution in [1.29, 1.82) is 0 Å². The zero-order valence-electron chi connectivity index (χ0n) is 12.2. The van der Waals surface area contributed by atoms with Crippen LogP contribution in [-0.4, -0.2) is 30.2 Å². The molecular weight excluding hydrogens is 306 g/mol. The summed E-state index contributed by atoms with van der Waals surface area (Å²) in [6, 6.07) is 5.38. The molecule has 2 aliphatic rings. The maximum atomic E-state index is 12.5. The van der Waals surface area contributed by atoms with E-state index in [0.29, 0.717) is 34.6 Å². The van der Waals surface area contributed by atoms with Crippen LogP contribution >= 0.6 is 0 Å². The van der Waals surface area contributed by atoms with Gasteiger partial charge in [-0.15, -0.1) is 4.28 Å². The lowest BCUT2D eigenvalue weighted by atomic mass is 9.84. The zero-order chi connectivity index (χ0) is 15.9. The highest BCUT2D eigenvalue weighted by Crippen LogP contribution is 2.40. The van der Waals surface area contributed by atoms with E-state index in [1.54, 1.807) is 25.1 Å². The van der Waals surface area contributed by atoms with Crippen LogP contribution in [0.3, 0.4) is 0 Å². The lowest BCUT2D eigenvalue weighted by Gasteiger charge is -2.35. The maximum Gasteiger partial charge on any atom is 0.288 e. The van der Waals surface area contributed by atoms with Crippen molar-refractivity contribution in [1.82, 2.24) is 5.06 Å². The van der Waals surface area contributed by atoms with E-state index in [1.165, 1.54) is 0 Å². The van der Waals surface area contributed by atoms with Crippen LogP contribution in [0.25, 0.3) is 5.57 Å². The quantitative estimate of drug-likeness (QED) is 0.908. The van der Waals surface area contributed by atoms with Crippen LogP contribution in [0.15, 0.2) is 24.3 Å². The number of hydrogen-bond acceptors (Lipinski definition) is 5. The highest BCUT2D eigenvalue weighted by Gasteiger charge is 2.40. The summed E-state index contributed by atoms with van der Waals surface area (Å²) >= 11 is 0. The number of carbonyl (C=O) groups excluding carboxylic acids is 1. The number of allylic oxidation sites excluding steroid dienone is 1. The van der Waals surface area contributed by atoms with Crippen molar-refractivity contribution in [2.45, 2.75) is 32.4 Å². The van der Waals surface area contributed by atoms with E-state index in [2.05, 4.69) is 0 Å². The Bertz CT molecular complexity index is 753. The number of hydrogen-bond donors (Lipinski definition) is 1. The van der Waals surface area contributed by atoms with Gasteiger partial charge in [0.15, 0.2) is 6.23 Å². The minimum Gasteiger partial charge on any atom is -0.367 e. The van der Waals surface area contributed by atoms with Gasteiger partial charge in [0.25, 0.3) is 16.0 Å². The van der Waals surface area contributed by atoms with Gasteiger partial charge in [-0.1, -0.05) is 31.2 Å². The van der Waals surface area contributed by atoms with E-state index in [-0.39, 0.29) is 5.75 Å². The molecule has 22 heavy (non-hydrogen) atoms. The van der Waals surface area contributed by atoms with Crippen LogP contribution < -0.4 is 0 Å². The van der Waals surface area contributed by atoms with Crippen LogP contribution in [0.1, 0.15) is 42.7 Å². The summed E-state index contributed by atoms with van der Waals surface area (Å²) in [5.74, 6) is -0.832. The van der Waals surface area contributed by atoms with Gasteiger partial charge in [-0.2, -0.15) is 13.5 Å². The van der Waals surface area contributed by atoms with E-state index in [1.807, 2.05) is 6.07 Å². The molecular formula is C15H17NO5S. The van der Waals surface area contributed by atoms with Gasteiger partial charge in [0.05, 0.1) is 5.75 Å². The first kappa shape index (κ1) is 15.2. The third-order valence-corrected chi connectivity index (χ3v) is 5.09. The molecule has 0 fully saturated rings. The van der Waals surface area contributed by atoms with Crippen molar-refractivity contribution in [2.24, 2.45) is 0 Å². The SMILES string of the molecule is CCCS(=O)(=O)ON1C(=O)C2=CCCc3cccc(c32)C1O. The largest absolute Gasteiger partial charge is 0.367 e. The number of aryl methyl sites for hydroxylation is 1. The van der Waals surface area contributed by atoms with E-state index < -0.39 is 22.3 Å². The van der Waals surface area contributed by atoms with Crippen molar-refractivity contribution in [3.63, 3.8) is 0 Å². The second-order valence-electron chi connectivity index (χ2n) is 5.38. The van der Waals surface area contributed by atoms with Gasteiger partial charge in [0, 0.05) is 11.1 Å². The second kappa shape index (κ2) is 5.49. The summed E-state index contributed by atoms with van der Waals surface area (Å²) in [7, 11) is -3.91. The Balaban J connectivity index is 2.04. The molecule has 1 N–H and O–H groups in total. The second-order valence-corrected chi connectivity index (χ2v) is 7.05. The molecule has 7 heteroatoms. The number of hydroxylamine groups is 2. The molecule has 0 aromatic heterocycles. The highest BCUT2D eigenvalue weighted by atomic mass is 32.2. The lowest BCUT2D eigenvalue weighted by Crippen LogP contribution is -2.42. The maximum absolute atomic E-state index is 12.5. The van der Waals surface area contributed by atoms with Crippen LogP contribution in [0, 0.1) is 0 Å². The van der Waals surface area contributed by atoms with Crippen LogP contribution in [0.4, 0.5) is 0 Å². The predicted molar refractivity (Wildman–Crippen MR) is 79.7 cm³/mol. The summed E-state index contributed by atoms with van der Waals surface area (Å²) in [5.41, 5.74) is 2.58. The molecule has 1 aliphatic carbocycles. The van der Waals surface area contributed by atoms with E-state index in [0.717, 1.165) is 12.0 Å². The Labute approximate surface area is 129 Å². The molecule has 6 nitrogen and oxygen atoms in total. The van der Waals surface area contributed by atoms with E-state index >= 15 is 0 Å². The fourth-order valence-electron chi connectivity index (χ4n) is 2.88. The monoisotopic (exact) mass is 323 g/mol. The first-order chi connectivity index (χ1) is 10.4. The van der Waals surface area contributed by atoms with Crippen molar-refractivity contribution in [3.8, 4) is 0 Å². The molecule has 0 saturated heterocycles. The fraction of sp³-hybridized carbons (Fsp3) is 0.400. The minimum atomic E-state index is -3.91. The average Bonchev–Trinajstić information content (AvgIpc) is 2.49. The summed E-state index contributed by atoms with van der Waals surface area (Å²) in [5, 5.41) is 10.9. The molecule has 0 radical (unpaired) electrons. The Morgan fingerprint density at radius 3 is 2.91 bits per heavy atom. The van der Waals surface area contributed by atoms with Crippen molar-refractivity contribution >= 4 is 21.6 Å². The first-order valence-electron chi connectivity index (χ1n) is 7.21. The fourth-order valence-corrected chi connectivity index (χ4v) is 3.85. The van der Waals surface area contributed by atoms with Crippen LogP contribution in [0.5, 0.6) is 0 Å². The normalized spacial score (nSPS) is 20.6. The highest BCUT2D eigenvalue weighted by molar-refractivity contribution is 7.86. The third kappa shape index (κ3) is 2.45. The summed E-state index contributed by atoms with van der Waals surface area (Å²) in [4.78, 5) is 12.5. The van der Waals surface area contributed by atoms with E-state index in [4.69, 9.17) is 4.28 Å². The number of aliphatic hydroxyl groups is 1. The van der Waals surface area contributed by atoms with Gasteiger partial charge in [0.1, 0.15) is 0 Å². The first-order valence-corrected chi connectivity index (χ1v) is 8.78. The minimum absolute atomic E-state index is 0.213. The molecule has 0 bridgehead atoms. The van der Waals surface area contributed by atoms with Gasteiger partial charge in [-0.05, 0) is 30.4 Å². The number of benzene rings is 1. The van der Waals surface area contributed by atoms with Crippen LogP contribution in [-0.2, 0) is 25.6 Å². The van der Waals surface area contributed by atoms with Gasteiger partial charge in [-0.25, -0.2) is 0 Å². The van der Waals surface area contributed by atoms with Gasteiger partial charge in [0.2, 0.25) is 0 Å². The van der Waals surface area contributed by atoms with Crippen molar-refractivity contribution in [3.05, 3.63) is 41.0 Å². The van der Waals surface area contributed by atoms with Gasteiger partial charge < -0.3 is 5.11 Å². The Morgan fingerprint density at radius 2 is 2.18 bits per heavy atom. The number of amides is 1. The van der Waals surface area contributed by atoms with Gasteiger partial charge >= 0.3 is 0 Å². The molecule has 1 heterocycles. The topological polar surface area (TPSA) is 83.9 Å². The van der Waals surface area contributed by atoms with Gasteiger partial charge in [-0.3, -0.25) is 4.79 Å². The molecule has 1 unspecified atom stereocenters. The van der Waals surface area contributed by atoms with Crippen molar-refractivity contribution in [2.75, 3.05) is 5.75 Å². The molecule has 1 atom stereocenters. The molecule has 1 aromatic rings. The Hall–Kier alpha value is -1.70. The number of nitrogens with zero attached hydrogens (tertiary/aromatic N) is 1. The smallest absolute Gasteiger partial charge is 0.288 e. The third-order valence-electron chi connectivity index (χ3n) is 3.79. The Kier molecular flexibility index (Phi) is 3.80. The predicted octanol–water partition coefficient (Wildman–Crippen LogP) is 1.52. The lowest BCUT2D eigenvalue weighted by molar-refractivity contribution is -0.187. The molecule has 1 amide bonds. The molecule has 1 aliphatic heterocycles. The molecule has 0 saturated carbocycles. The molecule has 3 rings (SSSR count). The zero-order valence-corrected chi connectivity index (χ0v) is 13.0. The number of aliphatic hydroxyl groups excluding tert-OH is 1. The average molecular weight is 323 g/mol. The summed E-state index contributed by atoms with van der Waals surface area (Å²) < 4.78 is 28.5.